The number of nitrogen functional groups attached to an aromatic ring is 1. The lowest BCUT2D eigenvalue weighted by Crippen LogP contribution is -2.03. The summed E-state index contributed by atoms with van der Waals surface area (Å²) in [5, 5.41) is 14.6. The van der Waals surface area contributed by atoms with E-state index in [1.54, 1.807) is 12.1 Å². The van der Waals surface area contributed by atoms with E-state index in [9.17, 15) is 10.1 Å². The van der Waals surface area contributed by atoms with E-state index in [1.165, 1.54) is 23.4 Å². The van der Waals surface area contributed by atoms with Gasteiger partial charge in [-0.25, -0.2) is 9.67 Å². The van der Waals surface area contributed by atoms with Gasteiger partial charge in [0.2, 0.25) is 0 Å². The summed E-state index contributed by atoms with van der Waals surface area (Å²) in [6, 6.07) is 4.65. The summed E-state index contributed by atoms with van der Waals surface area (Å²) in [6.07, 6.45) is 2.68. The lowest BCUT2D eigenvalue weighted by molar-refractivity contribution is -0.383. The van der Waals surface area contributed by atoms with Crippen LogP contribution in [0.1, 0.15) is 0 Å². The molecule has 1 aromatic heterocycles. The number of nitro groups is 1. The highest BCUT2D eigenvalue weighted by Gasteiger charge is 2.19. The normalized spacial score (nSPS) is 10.1. The lowest BCUT2D eigenvalue weighted by atomic mass is 10.2. The Hall–Kier alpha value is -2.44. The quantitative estimate of drug-likeness (QED) is 0.443. The number of nitro benzene ring substituents is 1. The standard InChI is InChI=1S/C8H7N5O2/c9-6-2-1-3-7(8(6)13(14)15)12-5-10-4-11-12/h1-5H,9H2. The first-order valence-electron chi connectivity index (χ1n) is 4.08. The monoisotopic (exact) mass is 205 g/mol. The fourth-order valence-electron chi connectivity index (χ4n) is 1.27. The Kier molecular flexibility index (Phi) is 2.05. The number of hydrogen-bond acceptors (Lipinski definition) is 5. The smallest absolute Gasteiger partial charge is 0.317 e. The summed E-state index contributed by atoms with van der Waals surface area (Å²) in [5.74, 6) is 0. The SMILES string of the molecule is Nc1cccc(-n2cncn2)c1[N+](=O)[O-]. The second kappa shape index (κ2) is 3.37. The van der Waals surface area contributed by atoms with Gasteiger partial charge in [-0.1, -0.05) is 6.07 Å². The second-order valence-electron chi connectivity index (χ2n) is 2.81. The molecule has 0 fully saturated rings. The third kappa shape index (κ3) is 1.50. The predicted molar refractivity (Wildman–Crippen MR) is 52.4 cm³/mol. The minimum absolute atomic E-state index is 0.105. The van der Waals surface area contributed by atoms with Gasteiger partial charge in [-0.3, -0.25) is 10.1 Å². The van der Waals surface area contributed by atoms with Crippen LogP contribution >= 0.6 is 0 Å². The van der Waals surface area contributed by atoms with Gasteiger partial charge in [-0.2, -0.15) is 5.10 Å². The number of nitrogens with zero attached hydrogens (tertiary/aromatic N) is 4. The number of para-hydroxylation sites is 1. The molecule has 0 saturated carbocycles. The Labute approximate surface area is 84.3 Å². The summed E-state index contributed by atoms with van der Waals surface area (Å²) < 4.78 is 1.30. The molecule has 0 saturated heterocycles. The molecule has 0 unspecified atom stereocenters. The number of hydrogen-bond donors (Lipinski definition) is 1. The zero-order valence-corrected chi connectivity index (χ0v) is 7.57. The molecule has 1 aromatic carbocycles. The van der Waals surface area contributed by atoms with Crippen LogP contribution in [0.3, 0.4) is 0 Å². The molecule has 1 heterocycles. The van der Waals surface area contributed by atoms with Crippen molar-refractivity contribution in [2.75, 3.05) is 5.73 Å². The fraction of sp³-hybridized carbons (Fsp3) is 0. The van der Waals surface area contributed by atoms with Crippen molar-refractivity contribution in [3.63, 3.8) is 0 Å². The maximum absolute atomic E-state index is 10.8. The van der Waals surface area contributed by atoms with Crippen molar-refractivity contribution in [3.8, 4) is 5.69 Å². The topological polar surface area (TPSA) is 99.9 Å². The number of anilines is 1. The van der Waals surface area contributed by atoms with Crippen LogP contribution in [0.2, 0.25) is 0 Å². The molecule has 0 aliphatic heterocycles. The van der Waals surface area contributed by atoms with E-state index in [0.717, 1.165) is 0 Å². The van der Waals surface area contributed by atoms with Gasteiger partial charge >= 0.3 is 5.69 Å². The summed E-state index contributed by atoms with van der Waals surface area (Å²) in [4.78, 5) is 14.0. The van der Waals surface area contributed by atoms with E-state index in [1.807, 2.05) is 0 Å². The van der Waals surface area contributed by atoms with Gasteiger partial charge in [0.15, 0.2) is 0 Å². The van der Waals surface area contributed by atoms with Crippen molar-refractivity contribution in [2.24, 2.45) is 0 Å². The van der Waals surface area contributed by atoms with Crippen LogP contribution in [0, 0.1) is 10.1 Å². The summed E-state index contributed by atoms with van der Waals surface area (Å²) in [5.41, 5.74) is 5.77. The van der Waals surface area contributed by atoms with E-state index < -0.39 is 4.92 Å². The molecule has 2 N–H and O–H groups in total. The van der Waals surface area contributed by atoms with Crippen LogP contribution in [0.5, 0.6) is 0 Å². The molecule has 76 valence electrons. The Morgan fingerprint density at radius 1 is 1.47 bits per heavy atom. The van der Waals surface area contributed by atoms with E-state index in [4.69, 9.17) is 5.73 Å². The van der Waals surface area contributed by atoms with Crippen molar-refractivity contribution in [1.29, 1.82) is 0 Å². The van der Waals surface area contributed by atoms with E-state index >= 15 is 0 Å². The maximum Gasteiger partial charge on any atom is 0.317 e. The molecule has 15 heavy (non-hydrogen) atoms. The van der Waals surface area contributed by atoms with Crippen molar-refractivity contribution >= 4 is 11.4 Å². The Morgan fingerprint density at radius 2 is 2.27 bits per heavy atom. The summed E-state index contributed by atoms with van der Waals surface area (Å²) in [7, 11) is 0. The Balaban J connectivity index is 2.66. The minimum Gasteiger partial charge on any atom is -0.393 e. The molecule has 0 bridgehead atoms. The maximum atomic E-state index is 10.8. The molecule has 0 amide bonds. The largest absolute Gasteiger partial charge is 0.393 e. The zero-order chi connectivity index (χ0) is 10.8. The molecular formula is C8H7N5O2. The fourth-order valence-corrected chi connectivity index (χ4v) is 1.27. The average molecular weight is 205 g/mol. The highest BCUT2D eigenvalue weighted by Crippen LogP contribution is 2.28. The highest BCUT2D eigenvalue weighted by molar-refractivity contribution is 5.68. The first-order valence-corrected chi connectivity index (χ1v) is 4.08. The number of aromatic nitrogens is 3. The van der Waals surface area contributed by atoms with Crippen LogP contribution in [0.4, 0.5) is 11.4 Å². The number of rotatable bonds is 2. The minimum atomic E-state index is -0.535. The number of benzene rings is 1. The molecule has 0 atom stereocenters. The Morgan fingerprint density at radius 3 is 2.87 bits per heavy atom. The van der Waals surface area contributed by atoms with Gasteiger partial charge in [-0.15, -0.1) is 0 Å². The zero-order valence-electron chi connectivity index (χ0n) is 7.57. The van der Waals surface area contributed by atoms with Crippen molar-refractivity contribution in [2.45, 2.75) is 0 Å². The Bertz CT molecular complexity index is 494. The molecule has 2 aromatic rings. The average Bonchev–Trinajstić information content (AvgIpc) is 2.69. The van der Waals surface area contributed by atoms with Crippen LogP contribution in [-0.4, -0.2) is 19.7 Å². The molecular weight excluding hydrogens is 198 g/mol. The molecule has 0 aliphatic carbocycles. The van der Waals surface area contributed by atoms with E-state index in [0.29, 0.717) is 5.69 Å². The number of nitrogens with two attached hydrogens (primary N) is 1. The van der Waals surface area contributed by atoms with Gasteiger partial charge in [-0.05, 0) is 12.1 Å². The molecule has 0 spiro atoms. The van der Waals surface area contributed by atoms with Gasteiger partial charge in [0.25, 0.3) is 0 Å². The van der Waals surface area contributed by atoms with Crippen molar-refractivity contribution < 1.29 is 4.92 Å². The second-order valence-corrected chi connectivity index (χ2v) is 2.81. The third-order valence-electron chi connectivity index (χ3n) is 1.89. The van der Waals surface area contributed by atoms with Gasteiger partial charge in [0.1, 0.15) is 24.0 Å². The van der Waals surface area contributed by atoms with Crippen molar-refractivity contribution in [1.82, 2.24) is 14.8 Å². The first kappa shape index (κ1) is 9.13. The van der Waals surface area contributed by atoms with Gasteiger partial charge in [0.05, 0.1) is 4.92 Å². The molecule has 7 heteroatoms. The predicted octanol–water partition coefficient (Wildman–Crippen LogP) is 0.758. The molecule has 7 nitrogen and oxygen atoms in total. The van der Waals surface area contributed by atoms with Crippen LogP contribution < -0.4 is 5.73 Å². The molecule has 0 radical (unpaired) electrons. The van der Waals surface area contributed by atoms with Gasteiger partial charge in [0, 0.05) is 0 Å². The molecule has 2 rings (SSSR count). The molecule has 0 aliphatic rings. The van der Waals surface area contributed by atoms with E-state index in [-0.39, 0.29) is 11.4 Å². The van der Waals surface area contributed by atoms with Crippen LogP contribution in [0.15, 0.2) is 30.9 Å². The van der Waals surface area contributed by atoms with Crippen LogP contribution in [0.25, 0.3) is 5.69 Å². The third-order valence-corrected chi connectivity index (χ3v) is 1.89. The van der Waals surface area contributed by atoms with E-state index in [2.05, 4.69) is 10.1 Å². The first-order chi connectivity index (χ1) is 7.20. The summed E-state index contributed by atoms with van der Waals surface area (Å²) >= 11 is 0. The summed E-state index contributed by atoms with van der Waals surface area (Å²) in [6.45, 7) is 0. The van der Waals surface area contributed by atoms with Crippen LogP contribution in [-0.2, 0) is 0 Å². The lowest BCUT2D eigenvalue weighted by Gasteiger charge is -2.03. The van der Waals surface area contributed by atoms with Gasteiger partial charge < -0.3 is 5.73 Å². The highest BCUT2D eigenvalue weighted by atomic mass is 16.6. The van der Waals surface area contributed by atoms with Crippen molar-refractivity contribution in [3.05, 3.63) is 41.0 Å².